The number of aromatic nitrogens is 2. The average Bonchev–Trinajstić information content (AvgIpc) is 3.25. The maximum atomic E-state index is 12.9. The predicted octanol–water partition coefficient (Wildman–Crippen LogP) is 4.77. The van der Waals surface area contributed by atoms with Gasteiger partial charge in [0.05, 0.1) is 5.69 Å². The predicted molar refractivity (Wildman–Crippen MR) is 116 cm³/mol. The first-order chi connectivity index (χ1) is 14.1. The van der Waals surface area contributed by atoms with Gasteiger partial charge in [-0.3, -0.25) is 9.47 Å². The number of piperidine rings is 1. The second-order valence-corrected chi connectivity index (χ2v) is 8.00. The minimum absolute atomic E-state index is 0.0424. The lowest BCUT2D eigenvalue weighted by Gasteiger charge is -2.36. The molecular weight excluding hydrogens is 384 g/mol. The van der Waals surface area contributed by atoms with Gasteiger partial charge in [-0.05, 0) is 30.5 Å². The molecule has 0 bridgehead atoms. The van der Waals surface area contributed by atoms with Crippen LogP contribution in [-0.4, -0.2) is 51.6 Å². The molecular formula is C23H25ClN4O. The Morgan fingerprint density at radius 3 is 2.48 bits per heavy atom. The zero-order valence-corrected chi connectivity index (χ0v) is 17.3. The third-order valence-corrected chi connectivity index (χ3v) is 5.85. The van der Waals surface area contributed by atoms with Gasteiger partial charge in [0.25, 0.3) is 0 Å². The molecule has 1 fully saturated rings. The van der Waals surface area contributed by atoms with Crippen LogP contribution in [-0.2, 0) is 6.54 Å². The molecule has 3 aromatic rings. The summed E-state index contributed by atoms with van der Waals surface area (Å²) in [4.78, 5) is 21.6. The van der Waals surface area contributed by atoms with Gasteiger partial charge in [-0.25, -0.2) is 9.78 Å². The molecule has 6 heteroatoms. The van der Waals surface area contributed by atoms with Crippen molar-refractivity contribution in [1.29, 1.82) is 0 Å². The molecule has 0 unspecified atom stereocenters. The number of halogens is 1. The first kappa shape index (κ1) is 19.7. The summed E-state index contributed by atoms with van der Waals surface area (Å²) in [6.07, 6.45) is 5.33. The summed E-state index contributed by atoms with van der Waals surface area (Å²) in [6, 6.07) is 18.2. The van der Waals surface area contributed by atoms with Gasteiger partial charge in [0, 0.05) is 49.5 Å². The molecule has 5 nitrogen and oxygen atoms in total. The number of hydrogen-bond donors (Lipinski definition) is 0. The van der Waals surface area contributed by atoms with E-state index in [1.807, 2.05) is 42.3 Å². The highest BCUT2D eigenvalue weighted by atomic mass is 35.5. The Labute approximate surface area is 176 Å². The molecule has 29 heavy (non-hydrogen) atoms. The van der Waals surface area contributed by atoms with E-state index < -0.39 is 0 Å². The highest BCUT2D eigenvalue weighted by Gasteiger charge is 2.26. The molecule has 1 aromatic heterocycles. The standard InChI is InChI=1S/C23H25ClN4O/c1-26(21-11-13-27(14-12-21)15-18-5-3-2-4-6-18)23(29)28-16-22(25-17-28)19-7-9-20(24)10-8-19/h2-10,16-17,21H,11-15H2,1H3. The number of benzene rings is 2. The molecule has 0 saturated carbocycles. The van der Waals surface area contributed by atoms with Crippen LogP contribution in [0.3, 0.4) is 0 Å². The van der Waals surface area contributed by atoms with Gasteiger partial charge in [0.2, 0.25) is 0 Å². The van der Waals surface area contributed by atoms with Crippen molar-refractivity contribution in [2.75, 3.05) is 20.1 Å². The van der Waals surface area contributed by atoms with Gasteiger partial charge in [-0.2, -0.15) is 0 Å². The van der Waals surface area contributed by atoms with Gasteiger partial charge in [0.1, 0.15) is 6.33 Å². The van der Waals surface area contributed by atoms with E-state index in [0.29, 0.717) is 5.02 Å². The summed E-state index contributed by atoms with van der Waals surface area (Å²) >= 11 is 5.95. The van der Waals surface area contributed by atoms with Crippen LogP contribution in [0.15, 0.2) is 67.1 Å². The van der Waals surface area contributed by atoms with E-state index in [4.69, 9.17) is 11.6 Å². The summed E-state index contributed by atoms with van der Waals surface area (Å²) in [5.74, 6) is 0. The summed E-state index contributed by atoms with van der Waals surface area (Å²) in [6.45, 7) is 2.96. The molecule has 2 aromatic carbocycles. The first-order valence-corrected chi connectivity index (χ1v) is 10.3. The fourth-order valence-corrected chi connectivity index (χ4v) is 3.97. The van der Waals surface area contributed by atoms with Gasteiger partial charge in [-0.1, -0.05) is 54.1 Å². The molecule has 4 rings (SSSR count). The second-order valence-electron chi connectivity index (χ2n) is 7.56. The monoisotopic (exact) mass is 408 g/mol. The number of carbonyl (C=O) groups is 1. The van der Waals surface area contributed by atoms with Crippen LogP contribution in [0.2, 0.25) is 5.02 Å². The Hall–Kier alpha value is -2.63. The highest BCUT2D eigenvalue weighted by molar-refractivity contribution is 6.30. The fraction of sp³-hybridized carbons (Fsp3) is 0.304. The van der Waals surface area contributed by atoms with Crippen LogP contribution in [0.5, 0.6) is 0 Å². The van der Waals surface area contributed by atoms with Crippen LogP contribution in [0.25, 0.3) is 11.3 Å². The fourth-order valence-electron chi connectivity index (χ4n) is 3.84. The largest absolute Gasteiger partial charge is 0.329 e. The Morgan fingerprint density at radius 1 is 1.10 bits per heavy atom. The summed E-state index contributed by atoms with van der Waals surface area (Å²) in [5, 5.41) is 0.683. The molecule has 2 heterocycles. The summed E-state index contributed by atoms with van der Waals surface area (Å²) in [7, 11) is 1.89. The van der Waals surface area contributed by atoms with E-state index in [1.54, 1.807) is 17.1 Å². The number of carbonyl (C=O) groups excluding carboxylic acids is 1. The quantitative estimate of drug-likeness (QED) is 0.624. The Kier molecular flexibility index (Phi) is 5.97. The van der Waals surface area contributed by atoms with Crippen LogP contribution in [0.1, 0.15) is 18.4 Å². The highest BCUT2D eigenvalue weighted by Crippen LogP contribution is 2.21. The van der Waals surface area contributed by atoms with Crippen molar-refractivity contribution < 1.29 is 4.79 Å². The topological polar surface area (TPSA) is 41.4 Å². The first-order valence-electron chi connectivity index (χ1n) is 9.93. The lowest BCUT2D eigenvalue weighted by atomic mass is 10.0. The van der Waals surface area contributed by atoms with Crippen LogP contribution < -0.4 is 0 Å². The van der Waals surface area contributed by atoms with Crippen molar-refractivity contribution in [2.24, 2.45) is 0 Å². The number of likely N-dealkylation sites (tertiary alicyclic amines) is 1. The minimum Gasteiger partial charge on any atom is -0.324 e. The lowest BCUT2D eigenvalue weighted by Crippen LogP contribution is -2.46. The average molecular weight is 409 g/mol. The maximum Gasteiger partial charge on any atom is 0.329 e. The zero-order chi connectivity index (χ0) is 20.2. The molecule has 0 aliphatic carbocycles. The van der Waals surface area contributed by atoms with Gasteiger partial charge >= 0.3 is 6.03 Å². The van der Waals surface area contributed by atoms with Crippen molar-refractivity contribution >= 4 is 17.6 Å². The summed E-state index contributed by atoms with van der Waals surface area (Å²) in [5.41, 5.74) is 3.04. The van der Waals surface area contributed by atoms with E-state index in [1.165, 1.54) is 5.56 Å². The van der Waals surface area contributed by atoms with E-state index in [9.17, 15) is 4.79 Å². The molecule has 0 atom stereocenters. The molecule has 1 aliphatic heterocycles. The molecule has 1 saturated heterocycles. The van der Waals surface area contributed by atoms with E-state index in [-0.39, 0.29) is 12.1 Å². The minimum atomic E-state index is -0.0424. The molecule has 1 aliphatic rings. The van der Waals surface area contributed by atoms with Crippen LogP contribution in [0, 0.1) is 0 Å². The van der Waals surface area contributed by atoms with E-state index in [0.717, 1.165) is 43.7 Å². The second kappa shape index (κ2) is 8.80. The van der Waals surface area contributed by atoms with Crippen molar-refractivity contribution in [3.05, 3.63) is 77.7 Å². The SMILES string of the molecule is CN(C(=O)n1cnc(-c2ccc(Cl)cc2)c1)C1CCN(Cc2ccccc2)CC1. The molecule has 0 radical (unpaired) electrons. The number of amides is 1. The Morgan fingerprint density at radius 2 is 1.79 bits per heavy atom. The third-order valence-electron chi connectivity index (χ3n) is 5.60. The number of imidazole rings is 1. The molecule has 150 valence electrons. The van der Waals surface area contributed by atoms with E-state index >= 15 is 0 Å². The maximum absolute atomic E-state index is 12.9. The third kappa shape index (κ3) is 4.69. The number of hydrogen-bond acceptors (Lipinski definition) is 3. The van der Waals surface area contributed by atoms with Crippen LogP contribution >= 0.6 is 11.6 Å². The van der Waals surface area contributed by atoms with Crippen molar-refractivity contribution in [2.45, 2.75) is 25.4 Å². The summed E-state index contributed by atoms with van der Waals surface area (Å²) < 4.78 is 1.57. The molecule has 0 N–H and O–H groups in total. The van der Waals surface area contributed by atoms with Crippen LogP contribution in [0.4, 0.5) is 4.79 Å². The number of rotatable bonds is 4. The van der Waals surface area contributed by atoms with Crippen molar-refractivity contribution in [3.8, 4) is 11.3 Å². The van der Waals surface area contributed by atoms with E-state index in [2.05, 4.69) is 34.1 Å². The Balaban J connectivity index is 1.34. The zero-order valence-electron chi connectivity index (χ0n) is 16.5. The molecule has 0 spiro atoms. The number of nitrogens with zero attached hydrogens (tertiary/aromatic N) is 4. The lowest BCUT2D eigenvalue weighted by molar-refractivity contribution is 0.132. The normalized spacial score (nSPS) is 15.4. The van der Waals surface area contributed by atoms with Crippen molar-refractivity contribution in [1.82, 2.24) is 19.4 Å². The van der Waals surface area contributed by atoms with Gasteiger partial charge < -0.3 is 4.90 Å². The molecule has 1 amide bonds. The Bertz CT molecular complexity index is 947. The van der Waals surface area contributed by atoms with Gasteiger partial charge in [-0.15, -0.1) is 0 Å². The van der Waals surface area contributed by atoms with Gasteiger partial charge in [0.15, 0.2) is 0 Å². The smallest absolute Gasteiger partial charge is 0.324 e. The van der Waals surface area contributed by atoms with Crippen molar-refractivity contribution in [3.63, 3.8) is 0 Å².